The van der Waals surface area contributed by atoms with E-state index < -0.39 is 16.8 Å². The number of hydrogen-bond acceptors (Lipinski definition) is 5. The molecule has 1 aliphatic heterocycles. The van der Waals surface area contributed by atoms with Crippen molar-refractivity contribution in [3.63, 3.8) is 0 Å². The molecule has 1 aromatic rings. The van der Waals surface area contributed by atoms with E-state index in [1.807, 2.05) is 0 Å². The van der Waals surface area contributed by atoms with Crippen molar-refractivity contribution in [2.45, 2.75) is 5.09 Å². The molecule has 1 saturated heterocycles. The van der Waals surface area contributed by atoms with Crippen LogP contribution >= 0.6 is 0 Å². The van der Waals surface area contributed by atoms with Gasteiger partial charge in [-0.1, -0.05) is 0 Å². The molecule has 1 fully saturated rings. The number of rotatable bonds is 5. The zero-order chi connectivity index (χ0) is 13.0. The van der Waals surface area contributed by atoms with Gasteiger partial charge in [0.05, 0.1) is 24.0 Å². The van der Waals surface area contributed by atoms with Crippen LogP contribution in [0.5, 0.6) is 0 Å². The molecule has 1 aromatic heterocycles. The van der Waals surface area contributed by atoms with Crippen LogP contribution in [-0.2, 0) is 15.5 Å². The second kappa shape index (κ2) is 6.12. The third kappa shape index (κ3) is 3.41. The van der Waals surface area contributed by atoms with Gasteiger partial charge in [-0.2, -0.15) is 0 Å². The van der Waals surface area contributed by atoms with E-state index in [1.54, 1.807) is 0 Å². The van der Waals surface area contributed by atoms with Gasteiger partial charge in [0.1, 0.15) is 0 Å². The molecule has 18 heavy (non-hydrogen) atoms. The van der Waals surface area contributed by atoms with Crippen LogP contribution in [-0.4, -0.2) is 58.8 Å². The van der Waals surface area contributed by atoms with Crippen LogP contribution in [0.4, 0.5) is 0 Å². The standard InChI is InChI=1S/C11H15NO5S/c13-11(14)9-1-2-10(17-9)18(15)8-5-12-3-6-16-7-4-12/h1-2H,3-8H2,(H,13,14). The summed E-state index contributed by atoms with van der Waals surface area (Å²) in [7, 11) is -1.29. The average Bonchev–Trinajstić information content (AvgIpc) is 2.87. The maximum absolute atomic E-state index is 11.9. The molecule has 6 nitrogen and oxygen atoms in total. The maximum atomic E-state index is 11.9. The summed E-state index contributed by atoms with van der Waals surface area (Å²) in [6.45, 7) is 3.79. The highest BCUT2D eigenvalue weighted by Crippen LogP contribution is 2.12. The highest BCUT2D eigenvalue weighted by atomic mass is 32.2. The first-order valence-corrected chi connectivity index (χ1v) is 7.00. The number of ether oxygens (including phenoxy) is 1. The summed E-state index contributed by atoms with van der Waals surface area (Å²) in [5.74, 6) is -0.886. The molecule has 1 aliphatic rings. The van der Waals surface area contributed by atoms with E-state index in [1.165, 1.54) is 12.1 Å². The Morgan fingerprint density at radius 2 is 2.11 bits per heavy atom. The predicted molar refractivity (Wildman–Crippen MR) is 64.2 cm³/mol. The molecule has 0 aliphatic carbocycles. The average molecular weight is 273 g/mol. The maximum Gasteiger partial charge on any atom is 0.371 e. The second-order valence-corrected chi connectivity index (χ2v) is 5.43. The number of morpholine rings is 1. The van der Waals surface area contributed by atoms with Crippen molar-refractivity contribution >= 4 is 16.8 Å². The smallest absolute Gasteiger partial charge is 0.371 e. The Hall–Kier alpha value is -1.18. The van der Waals surface area contributed by atoms with Crippen molar-refractivity contribution in [3.8, 4) is 0 Å². The third-order valence-electron chi connectivity index (χ3n) is 2.71. The zero-order valence-corrected chi connectivity index (χ0v) is 10.6. The lowest BCUT2D eigenvalue weighted by molar-refractivity contribution is 0.0408. The van der Waals surface area contributed by atoms with Crippen molar-refractivity contribution < 1.29 is 23.3 Å². The monoisotopic (exact) mass is 273 g/mol. The van der Waals surface area contributed by atoms with Gasteiger partial charge in [-0.25, -0.2) is 4.79 Å². The summed E-state index contributed by atoms with van der Waals surface area (Å²) in [5.41, 5.74) is 0. The van der Waals surface area contributed by atoms with Gasteiger partial charge in [0, 0.05) is 25.4 Å². The molecule has 2 heterocycles. The largest absolute Gasteiger partial charge is 0.475 e. The molecule has 1 atom stereocenters. The van der Waals surface area contributed by atoms with Gasteiger partial charge in [0.2, 0.25) is 5.76 Å². The fourth-order valence-corrected chi connectivity index (χ4v) is 2.72. The van der Waals surface area contributed by atoms with E-state index in [-0.39, 0.29) is 10.9 Å². The molecule has 1 N–H and O–H groups in total. The molecule has 0 radical (unpaired) electrons. The molecule has 0 spiro atoms. The predicted octanol–water partition coefficient (Wildman–Crippen LogP) is 0.418. The van der Waals surface area contributed by atoms with Gasteiger partial charge in [-0.05, 0) is 12.1 Å². The quantitative estimate of drug-likeness (QED) is 0.837. The number of carboxylic acid groups (broad SMARTS) is 1. The molecule has 7 heteroatoms. The van der Waals surface area contributed by atoms with Gasteiger partial charge in [0.25, 0.3) is 0 Å². The van der Waals surface area contributed by atoms with Gasteiger partial charge in [0.15, 0.2) is 5.09 Å². The normalized spacial score (nSPS) is 18.7. The zero-order valence-electron chi connectivity index (χ0n) is 9.83. The molecule has 100 valence electrons. The SMILES string of the molecule is O=C(O)c1ccc(S(=O)CCN2CCOCC2)o1. The Kier molecular flexibility index (Phi) is 4.51. The molecule has 0 saturated carbocycles. The fourth-order valence-electron chi connectivity index (χ4n) is 1.69. The first-order valence-electron chi connectivity index (χ1n) is 5.68. The highest BCUT2D eigenvalue weighted by molar-refractivity contribution is 7.84. The highest BCUT2D eigenvalue weighted by Gasteiger charge is 2.16. The van der Waals surface area contributed by atoms with E-state index in [0.29, 0.717) is 25.5 Å². The summed E-state index contributed by atoms with van der Waals surface area (Å²) >= 11 is 0. The lowest BCUT2D eigenvalue weighted by atomic mass is 10.4. The van der Waals surface area contributed by atoms with E-state index in [4.69, 9.17) is 14.3 Å². The van der Waals surface area contributed by atoms with E-state index in [2.05, 4.69) is 4.90 Å². The van der Waals surface area contributed by atoms with E-state index >= 15 is 0 Å². The van der Waals surface area contributed by atoms with Crippen LogP contribution in [0, 0.1) is 0 Å². The van der Waals surface area contributed by atoms with E-state index in [9.17, 15) is 9.00 Å². The van der Waals surface area contributed by atoms with Crippen molar-refractivity contribution in [2.75, 3.05) is 38.6 Å². The van der Waals surface area contributed by atoms with Crippen molar-refractivity contribution in [3.05, 3.63) is 17.9 Å². The molecule has 2 rings (SSSR count). The van der Waals surface area contributed by atoms with Gasteiger partial charge >= 0.3 is 5.97 Å². The molecule has 0 bridgehead atoms. The third-order valence-corrected chi connectivity index (χ3v) is 3.93. The molecule has 0 aromatic carbocycles. The first-order chi connectivity index (χ1) is 8.66. The molecular formula is C11H15NO5S. The van der Waals surface area contributed by atoms with Crippen molar-refractivity contribution in [1.82, 2.24) is 4.90 Å². The van der Waals surface area contributed by atoms with Gasteiger partial charge in [-0.3, -0.25) is 9.11 Å². The topological polar surface area (TPSA) is 80.0 Å². The lowest BCUT2D eigenvalue weighted by Gasteiger charge is -2.25. The van der Waals surface area contributed by atoms with Crippen LogP contribution in [0.15, 0.2) is 21.6 Å². The Balaban J connectivity index is 1.84. The Morgan fingerprint density at radius 1 is 1.39 bits per heavy atom. The molecule has 0 amide bonds. The number of nitrogens with zero attached hydrogens (tertiary/aromatic N) is 1. The summed E-state index contributed by atoms with van der Waals surface area (Å²) in [6, 6.07) is 2.78. The first kappa shape index (κ1) is 13.3. The fraction of sp³-hybridized carbons (Fsp3) is 0.545. The minimum atomic E-state index is -1.29. The number of furan rings is 1. The summed E-state index contributed by atoms with van der Waals surface area (Å²) in [4.78, 5) is 12.8. The lowest BCUT2D eigenvalue weighted by Crippen LogP contribution is -2.38. The molecule has 1 unspecified atom stereocenters. The summed E-state index contributed by atoms with van der Waals surface area (Å²) < 4.78 is 22.1. The van der Waals surface area contributed by atoms with Crippen molar-refractivity contribution in [1.29, 1.82) is 0 Å². The number of carboxylic acids is 1. The molecular weight excluding hydrogens is 258 g/mol. The number of hydrogen-bond donors (Lipinski definition) is 1. The van der Waals surface area contributed by atoms with E-state index in [0.717, 1.165) is 13.1 Å². The van der Waals surface area contributed by atoms with Crippen LogP contribution in [0.25, 0.3) is 0 Å². The summed E-state index contributed by atoms with van der Waals surface area (Å²) in [5, 5.41) is 8.92. The van der Waals surface area contributed by atoms with Crippen LogP contribution < -0.4 is 0 Å². The second-order valence-electron chi connectivity index (χ2n) is 3.93. The Morgan fingerprint density at radius 3 is 2.72 bits per heavy atom. The minimum absolute atomic E-state index is 0.176. The van der Waals surface area contributed by atoms with Gasteiger partial charge in [-0.15, -0.1) is 0 Å². The van der Waals surface area contributed by atoms with Crippen LogP contribution in [0.3, 0.4) is 0 Å². The van der Waals surface area contributed by atoms with Crippen molar-refractivity contribution in [2.24, 2.45) is 0 Å². The van der Waals surface area contributed by atoms with Crippen LogP contribution in [0.2, 0.25) is 0 Å². The minimum Gasteiger partial charge on any atom is -0.475 e. The van der Waals surface area contributed by atoms with Crippen LogP contribution in [0.1, 0.15) is 10.6 Å². The summed E-state index contributed by atoms with van der Waals surface area (Å²) in [6.07, 6.45) is 0. The number of aromatic carboxylic acids is 1. The van der Waals surface area contributed by atoms with Gasteiger partial charge < -0.3 is 14.3 Å². The Bertz CT molecular complexity index is 438. The number of carbonyl (C=O) groups is 1. The Labute approximate surface area is 107 Å².